The standard InChI is InChI=1S/C15H27NO2/c17-12-6-5-11-16-10-4-3-8-14(16)13-7-1-2-9-15(13)18/h13-14,17H,1-12H2. The Morgan fingerprint density at radius 1 is 1.11 bits per heavy atom. The molecule has 104 valence electrons. The molecule has 0 aromatic rings. The van der Waals surface area contributed by atoms with E-state index in [1.807, 2.05) is 0 Å². The third-order valence-corrected chi connectivity index (χ3v) is 4.58. The van der Waals surface area contributed by atoms with Gasteiger partial charge in [0.15, 0.2) is 0 Å². The number of aliphatic hydroxyl groups is 1. The Balaban J connectivity index is 1.91. The molecule has 2 unspecified atom stereocenters. The van der Waals surface area contributed by atoms with Crippen LogP contribution < -0.4 is 0 Å². The average Bonchev–Trinajstić information content (AvgIpc) is 2.40. The van der Waals surface area contributed by atoms with Crippen LogP contribution >= 0.6 is 0 Å². The molecule has 1 heterocycles. The minimum absolute atomic E-state index is 0.293. The first-order chi connectivity index (χ1) is 8.83. The normalized spacial score (nSPS) is 30.6. The molecule has 0 bridgehead atoms. The summed E-state index contributed by atoms with van der Waals surface area (Å²) in [6.45, 7) is 2.51. The zero-order valence-electron chi connectivity index (χ0n) is 11.4. The van der Waals surface area contributed by atoms with Crippen LogP contribution in [0.5, 0.6) is 0 Å². The summed E-state index contributed by atoms with van der Waals surface area (Å²) in [5, 5.41) is 8.88. The summed E-state index contributed by atoms with van der Waals surface area (Å²) in [6.07, 6.45) is 9.97. The number of carbonyl (C=O) groups excluding carboxylic acids is 1. The van der Waals surface area contributed by atoms with Crippen LogP contribution in [0.3, 0.4) is 0 Å². The summed E-state index contributed by atoms with van der Waals surface area (Å²) in [5.74, 6) is 0.827. The number of ketones is 1. The number of piperidine rings is 1. The molecule has 1 saturated heterocycles. The number of carbonyl (C=O) groups is 1. The second kappa shape index (κ2) is 7.25. The summed E-state index contributed by atoms with van der Waals surface area (Å²) < 4.78 is 0. The second-order valence-electron chi connectivity index (χ2n) is 5.85. The van der Waals surface area contributed by atoms with Crippen LogP contribution in [0.4, 0.5) is 0 Å². The summed E-state index contributed by atoms with van der Waals surface area (Å²) >= 11 is 0. The molecule has 18 heavy (non-hydrogen) atoms. The van der Waals surface area contributed by atoms with Gasteiger partial charge in [0.05, 0.1) is 0 Å². The summed E-state index contributed by atoms with van der Waals surface area (Å²) in [6, 6.07) is 0.505. The Bertz CT molecular complexity index is 267. The van der Waals surface area contributed by atoms with Gasteiger partial charge in [-0.1, -0.05) is 12.8 Å². The highest BCUT2D eigenvalue weighted by Crippen LogP contribution is 2.31. The van der Waals surface area contributed by atoms with E-state index < -0.39 is 0 Å². The zero-order valence-corrected chi connectivity index (χ0v) is 11.4. The van der Waals surface area contributed by atoms with Gasteiger partial charge < -0.3 is 5.11 Å². The van der Waals surface area contributed by atoms with Crippen LogP contribution in [0.2, 0.25) is 0 Å². The van der Waals surface area contributed by atoms with E-state index in [2.05, 4.69) is 4.90 Å². The summed E-state index contributed by atoms with van der Waals surface area (Å²) in [7, 11) is 0. The average molecular weight is 253 g/mol. The summed E-state index contributed by atoms with van der Waals surface area (Å²) in [4.78, 5) is 14.6. The van der Waals surface area contributed by atoms with E-state index in [9.17, 15) is 4.79 Å². The zero-order chi connectivity index (χ0) is 12.8. The van der Waals surface area contributed by atoms with Crippen molar-refractivity contribution in [2.45, 2.75) is 63.8 Å². The van der Waals surface area contributed by atoms with Gasteiger partial charge in [0.25, 0.3) is 0 Å². The molecule has 0 aromatic carbocycles. The van der Waals surface area contributed by atoms with Crippen molar-refractivity contribution < 1.29 is 9.90 Å². The molecule has 0 aromatic heterocycles. The van der Waals surface area contributed by atoms with Gasteiger partial charge in [0.2, 0.25) is 0 Å². The van der Waals surface area contributed by atoms with Crippen LogP contribution in [0.1, 0.15) is 57.8 Å². The number of likely N-dealkylation sites (tertiary alicyclic amines) is 1. The maximum atomic E-state index is 12.1. The second-order valence-corrected chi connectivity index (χ2v) is 5.85. The maximum Gasteiger partial charge on any atom is 0.137 e. The molecule has 1 saturated carbocycles. The SMILES string of the molecule is O=C1CCCCC1C1CCCCN1CCCCO. The van der Waals surface area contributed by atoms with Gasteiger partial charge in [-0.05, 0) is 51.6 Å². The maximum absolute atomic E-state index is 12.1. The Labute approximate surface area is 111 Å². The van der Waals surface area contributed by atoms with Crippen molar-refractivity contribution in [3.8, 4) is 0 Å². The van der Waals surface area contributed by atoms with Gasteiger partial charge in [0.1, 0.15) is 5.78 Å². The van der Waals surface area contributed by atoms with E-state index in [4.69, 9.17) is 5.11 Å². The van der Waals surface area contributed by atoms with E-state index in [0.717, 1.165) is 45.2 Å². The van der Waals surface area contributed by atoms with E-state index >= 15 is 0 Å². The number of aliphatic hydroxyl groups excluding tert-OH is 1. The topological polar surface area (TPSA) is 40.5 Å². The predicted molar refractivity (Wildman–Crippen MR) is 72.5 cm³/mol. The summed E-state index contributed by atoms with van der Waals surface area (Å²) in [5.41, 5.74) is 0. The van der Waals surface area contributed by atoms with Crippen molar-refractivity contribution in [3.05, 3.63) is 0 Å². The fourth-order valence-electron chi connectivity index (χ4n) is 3.59. The van der Waals surface area contributed by atoms with Crippen molar-refractivity contribution in [3.63, 3.8) is 0 Å². The van der Waals surface area contributed by atoms with Gasteiger partial charge in [-0.3, -0.25) is 9.69 Å². The first-order valence-electron chi connectivity index (χ1n) is 7.70. The molecule has 1 N–H and O–H groups in total. The van der Waals surface area contributed by atoms with Gasteiger partial charge in [-0.15, -0.1) is 0 Å². The molecule has 2 fully saturated rings. The molecule has 0 spiro atoms. The lowest BCUT2D eigenvalue weighted by Gasteiger charge is -2.41. The molecule has 3 heteroatoms. The van der Waals surface area contributed by atoms with Crippen LogP contribution in [0.25, 0.3) is 0 Å². The van der Waals surface area contributed by atoms with Crippen LogP contribution in [-0.4, -0.2) is 41.5 Å². The van der Waals surface area contributed by atoms with Crippen molar-refractivity contribution in [2.75, 3.05) is 19.7 Å². The minimum atomic E-state index is 0.293. The van der Waals surface area contributed by atoms with Gasteiger partial charge in [0, 0.05) is 25.0 Å². The fourth-order valence-corrected chi connectivity index (χ4v) is 3.59. The number of unbranched alkanes of at least 4 members (excludes halogenated alkanes) is 1. The highest BCUT2D eigenvalue weighted by Gasteiger charge is 2.34. The lowest BCUT2D eigenvalue weighted by molar-refractivity contribution is -0.127. The molecule has 0 radical (unpaired) electrons. The largest absolute Gasteiger partial charge is 0.396 e. The number of rotatable bonds is 5. The lowest BCUT2D eigenvalue weighted by atomic mass is 9.79. The first kappa shape index (κ1) is 14.0. The smallest absolute Gasteiger partial charge is 0.137 e. The van der Waals surface area contributed by atoms with Crippen LogP contribution in [0.15, 0.2) is 0 Å². The number of Topliss-reactive ketones (excluding diaryl/α,β-unsaturated/α-hetero) is 1. The molecular formula is C15H27NO2. The number of hydrogen-bond acceptors (Lipinski definition) is 3. The van der Waals surface area contributed by atoms with E-state index in [-0.39, 0.29) is 0 Å². The van der Waals surface area contributed by atoms with E-state index in [1.165, 1.54) is 25.7 Å². The van der Waals surface area contributed by atoms with E-state index in [0.29, 0.717) is 24.3 Å². The Kier molecular flexibility index (Phi) is 5.64. The molecule has 1 aliphatic heterocycles. The third-order valence-electron chi connectivity index (χ3n) is 4.58. The molecule has 2 atom stereocenters. The first-order valence-corrected chi connectivity index (χ1v) is 7.70. The van der Waals surface area contributed by atoms with Gasteiger partial charge >= 0.3 is 0 Å². The molecule has 1 aliphatic carbocycles. The van der Waals surface area contributed by atoms with Crippen molar-refractivity contribution >= 4 is 5.78 Å². The Morgan fingerprint density at radius 2 is 1.94 bits per heavy atom. The number of hydrogen-bond donors (Lipinski definition) is 1. The lowest BCUT2D eigenvalue weighted by Crippen LogP contribution is -2.47. The van der Waals surface area contributed by atoms with Gasteiger partial charge in [-0.25, -0.2) is 0 Å². The molecular weight excluding hydrogens is 226 g/mol. The van der Waals surface area contributed by atoms with Gasteiger partial charge in [-0.2, -0.15) is 0 Å². The fraction of sp³-hybridized carbons (Fsp3) is 0.933. The molecule has 0 amide bonds. The van der Waals surface area contributed by atoms with Crippen LogP contribution in [-0.2, 0) is 4.79 Å². The molecule has 2 aliphatic rings. The highest BCUT2D eigenvalue weighted by molar-refractivity contribution is 5.82. The van der Waals surface area contributed by atoms with Crippen molar-refractivity contribution in [2.24, 2.45) is 5.92 Å². The highest BCUT2D eigenvalue weighted by atomic mass is 16.2. The third kappa shape index (κ3) is 3.55. The Hall–Kier alpha value is -0.410. The molecule has 2 rings (SSSR count). The monoisotopic (exact) mass is 253 g/mol. The van der Waals surface area contributed by atoms with Crippen LogP contribution in [0, 0.1) is 5.92 Å². The predicted octanol–water partition coefficient (Wildman–Crippen LogP) is 2.37. The Morgan fingerprint density at radius 3 is 2.72 bits per heavy atom. The molecule has 3 nitrogen and oxygen atoms in total. The van der Waals surface area contributed by atoms with Crippen molar-refractivity contribution in [1.29, 1.82) is 0 Å². The quantitative estimate of drug-likeness (QED) is 0.765. The number of nitrogens with zero attached hydrogens (tertiary/aromatic N) is 1. The van der Waals surface area contributed by atoms with E-state index in [1.54, 1.807) is 0 Å². The van der Waals surface area contributed by atoms with Crippen molar-refractivity contribution in [1.82, 2.24) is 4.90 Å². The minimum Gasteiger partial charge on any atom is -0.396 e.